The molecule has 0 saturated carbocycles. The molecule has 97 heavy (non-hydrogen) atoms. The third-order valence-corrected chi connectivity index (χ3v) is 17.4. The Labute approximate surface area is 581 Å². The number of nitrogens with one attached hydrogen (secondary N) is 1. The summed E-state index contributed by atoms with van der Waals surface area (Å²) >= 11 is 0. The molecule has 554 valence electrons. The molecule has 0 bridgehead atoms. The summed E-state index contributed by atoms with van der Waals surface area (Å²) < 4.78 is 34.3. The van der Waals surface area contributed by atoms with Crippen LogP contribution in [-0.2, 0) is 33.2 Å². The van der Waals surface area contributed by atoms with Crippen molar-refractivity contribution in [1.29, 1.82) is 0 Å². The number of rotatable bonds is 55. The second-order valence-corrected chi connectivity index (χ2v) is 25.7. The summed E-state index contributed by atoms with van der Waals surface area (Å²) in [5.74, 6) is -0.302. The molecular weight excluding hydrogens is 1240 g/mol. The van der Waals surface area contributed by atoms with Crippen LogP contribution in [0, 0.1) is 0 Å². The van der Waals surface area contributed by atoms with Crippen molar-refractivity contribution >= 4 is 5.91 Å². The van der Waals surface area contributed by atoms with Crippen molar-refractivity contribution in [3.05, 3.63) is 134 Å². The van der Waals surface area contributed by atoms with Crippen LogP contribution in [0.3, 0.4) is 0 Å². The average molecular weight is 1370 g/mol. The maximum atomic E-state index is 13.4. The number of unbranched alkanes of at least 4 members (excludes halogenated alkanes) is 19. The molecule has 17 unspecified atom stereocenters. The van der Waals surface area contributed by atoms with Gasteiger partial charge in [-0.3, -0.25) is 4.79 Å². The van der Waals surface area contributed by atoms with Crippen LogP contribution >= 0.6 is 0 Å². The van der Waals surface area contributed by atoms with Crippen LogP contribution in [0.1, 0.15) is 219 Å². The minimum absolute atomic E-state index is 0.213. The maximum Gasteiger partial charge on any atom is 0.220 e. The lowest BCUT2D eigenvalue weighted by Crippen LogP contribution is -2.66. The van der Waals surface area contributed by atoms with E-state index in [1.165, 1.54) is 64.2 Å². The molecule has 19 nitrogen and oxygen atoms in total. The Hall–Kier alpha value is -4.07. The standard InChI is InChI=1S/C78H129NO18/c1-3-5-7-9-11-13-15-17-19-21-22-23-24-25-26-27-28-29-30-31-32-33-34-35-36-37-38-40-42-44-46-48-50-52-54-56-66(84)79-61(62(83)55-53-51-49-47-45-43-41-39-20-18-16-14-12-10-8-6-4-2)60-92-76-72(90)69(87)74(64(58-81)94-76)97-78-73(91)70(88)75(65(59-82)95-78)96-77-71(89)68(86)67(85)63(57-80)93-77/h5,7,11,13,17,19,22-23,25-26,28-29,31-32,34-35,37-38,45,47,53,55,61-65,67-78,80-83,85-91H,3-4,6,8-10,12,14-16,18,20-21,24,27,30,33,36,39-44,46,48-52,54,56-60H2,1-2H3,(H,79,84)/b7-5-,13-11-,19-17-,23-22-,26-25-,29-28-,32-31-,35-34-,38-37-,47-45+,55-53+. The third-order valence-electron chi connectivity index (χ3n) is 17.4. The van der Waals surface area contributed by atoms with Crippen LogP contribution < -0.4 is 5.32 Å². The number of carbonyl (C=O) groups is 1. The molecule has 3 aliphatic rings. The van der Waals surface area contributed by atoms with E-state index in [0.717, 1.165) is 122 Å². The van der Waals surface area contributed by atoms with E-state index >= 15 is 0 Å². The number of hydrogen-bond acceptors (Lipinski definition) is 18. The summed E-state index contributed by atoms with van der Waals surface area (Å²) in [5.41, 5.74) is 0. The lowest BCUT2D eigenvalue weighted by Gasteiger charge is -2.48. The van der Waals surface area contributed by atoms with Gasteiger partial charge in [-0.25, -0.2) is 0 Å². The van der Waals surface area contributed by atoms with Crippen molar-refractivity contribution in [2.75, 3.05) is 26.4 Å². The normalized spacial score (nSPS) is 27.7. The van der Waals surface area contributed by atoms with E-state index in [9.17, 15) is 61.0 Å². The van der Waals surface area contributed by atoms with E-state index in [1.54, 1.807) is 6.08 Å². The van der Waals surface area contributed by atoms with E-state index in [1.807, 2.05) is 6.08 Å². The zero-order chi connectivity index (χ0) is 70.4. The highest BCUT2D eigenvalue weighted by molar-refractivity contribution is 5.76. The Bertz CT molecular complexity index is 2280. The first-order chi connectivity index (χ1) is 47.3. The minimum Gasteiger partial charge on any atom is -0.394 e. The van der Waals surface area contributed by atoms with Crippen molar-refractivity contribution in [3.8, 4) is 0 Å². The quantitative estimate of drug-likeness (QED) is 0.0199. The molecule has 3 rings (SSSR count). The molecule has 17 atom stereocenters. The first-order valence-corrected chi connectivity index (χ1v) is 36.9. The molecule has 0 aliphatic carbocycles. The van der Waals surface area contributed by atoms with Gasteiger partial charge >= 0.3 is 0 Å². The van der Waals surface area contributed by atoms with Crippen LogP contribution in [0.15, 0.2) is 134 Å². The number of ether oxygens (including phenoxy) is 6. The van der Waals surface area contributed by atoms with E-state index in [4.69, 9.17) is 28.4 Å². The predicted molar refractivity (Wildman–Crippen MR) is 383 cm³/mol. The van der Waals surface area contributed by atoms with Gasteiger partial charge in [0.15, 0.2) is 18.9 Å². The van der Waals surface area contributed by atoms with Gasteiger partial charge < -0.3 is 89.9 Å². The zero-order valence-corrected chi connectivity index (χ0v) is 58.7. The van der Waals surface area contributed by atoms with Crippen LogP contribution in [-0.4, -0.2) is 193 Å². The molecule has 0 radical (unpaired) electrons. The van der Waals surface area contributed by atoms with Crippen molar-refractivity contribution < 1.29 is 89.4 Å². The molecule has 0 aromatic rings. The van der Waals surface area contributed by atoms with Gasteiger partial charge in [0.05, 0.1) is 38.6 Å². The van der Waals surface area contributed by atoms with Gasteiger partial charge in [-0.05, 0) is 103 Å². The fourth-order valence-corrected chi connectivity index (χ4v) is 11.5. The molecule has 0 spiro atoms. The Kier molecular flexibility index (Phi) is 51.7. The molecule has 3 fully saturated rings. The molecule has 0 aromatic heterocycles. The fraction of sp³-hybridized carbons (Fsp3) is 0.705. The summed E-state index contributed by atoms with van der Waals surface area (Å²) in [6.45, 7) is 1.57. The lowest BCUT2D eigenvalue weighted by atomic mass is 9.96. The molecule has 3 saturated heterocycles. The van der Waals surface area contributed by atoms with Crippen LogP contribution in [0.2, 0.25) is 0 Å². The molecule has 19 heteroatoms. The van der Waals surface area contributed by atoms with Crippen LogP contribution in [0.5, 0.6) is 0 Å². The van der Waals surface area contributed by atoms with Gasteiger partial charge in [0.1, 0.15) is 73.2 Å². The molecule has 0 aromatic carbocycles. The van der Waals surface area contributed by atoms with Gasteiger partial charge in [-0.15, -0.1) is 0 Å². The number of allylic oxidation sites excluding steroid dienone is 21. The molecule has 1 amide bonds. The highest BCUT2D eigenvalue weighted by Crippen LogP contribution is 2.33. The third kappa shape index (κ3) is 38.5. The first kappa shape index (κ1) is 87.1. The number of aliphatic hydroxyl groups excluding tert-OH is 11. The Balaban J connectivity index is 1.40. The fourth-order valence-electron chi connectivity index (χ4n) is 11.5. The Morgan fingerprint density at radius 2 is 0.722 bits per heavy atom. The number of carbonyl (C=O) groups excluding carboxylic acids is 1. The van der Waals surface area contributed by atoms with Gasteiger partial charge in [-0.1, -0.05) is 244 Å². The number of hydrogen-bond donors (Lipinski definition) is 12. The van der Waals surface area contributed by atoms with E-state index in [2.05, 4.69) is 141 Å². The molecule has 12 N–H and O–H groups in total. The van der Waals surface area contributed by atoms with Gasteiger partial charge in [-0.2, -0.15) is 0 Å². The van der Waals surface area contributed by atoms with Crippen molar-refractivity contribution in [2.45, 2.75) is 324 Å². The topological polar surface area (TPSA) is 307 Å². The molecule has 3 aliphatic heterocycles. The predicted octanol–water partition coefficient (Wildman–Crippen LogP) is 10.9. The highest BCUT2D eigenvalue weighted by atomic mass is 16.8. The Morgan fingerprint density at radius 1 is 0.381 bits per heavy atom. The minimum atomic E-state index is -1.99. The van der Waals surface area contributed by atoms with E-state index in [-0.39, 0.29) is 18.9 Å². The summed E-state index contributed by atoms with van der Waals surface area (Å²) in [5, 5.41) is 121. The monoisotopic (exact) mass is 1370 g/mol. The van der Waals surface area contributed by atoms with Gasteiger partial charge in [0, 0.05) is 6.42 Å². The Morgan fingerprint density at radius 3 is 1.15 bits per heavy atom. The lowest BCUT2D eigenvalue weighted by molar-refractivity contribution is -0.379. The summed E-state index contributed by atoms with van der Waals surface area (Å²) in [7, 11) is 0. The molecule has 3 heterocycles. The second kappa shape index (κ2) is 57.5. The SMILES string of the molecule is CC/C=C\C/C=C\C/C=C\C/C=C\C/C=C\C/C=C\C/C=C\C/C=C\C/C=C\CCCCCCCCCC(=O)NC(COC1OC(CO)C(OC2OC(CO)C(OC3OC(CO)C(O)C(O)C3O)C(O)C2O)C(O)C1O)C(O)/C=C/CC/C=C/CCCCCCCCCCCCC. The number of aliphatic hydroxyl groups is 11. The van der Waals surface area contributed by atoms with Gasteiger partial charge in [0.2, 0.25) is 5.91 Å². The zero-order valence-electron chi connectivity index (χ0n) is 58.7. The van der Waals surface area contributed by atoms with Crippen molar-refractivity contribution in [1.82, 2.24) is 5.32 Å². The second-order valence-electron chi connectivity index (χ2n) is 25.7. The number of amides is 1. The molecular formula is C78H129NO18. The summed E-state index contributed by atoms with van der Waals surface area (Å²) in [6.07, 6.45) is 54.2. The highest BCUT2D eigenvalue weighted by Gasteiger charge is 2.53. The van der Waals surface area contributed by atoms with Crippen LogP contribution in [0.4, 0.5) is 0 Å². The first-order valence-electron chi connectivity index (χ1n) is 36.9. The van der Waals surface area contributed by atoms with Crippen LogP contribution in [0.25, 0.3) is 0 Å². The summed E-state index contributed by atoms with van der Waals surface area (Å²) in [4.78, 5) is 13.4. The van der Waals surface area contributed by atoms with E-state index in [0.29, 0.717) is 12.8 Å². The van der Waals surface area contributed by atoms with Crippen molar-refractivity contribution in [3.63, 3.8) is 0 Å². The van der Waals surface area contributed by atoms with Gasteiger partial charge in [0.25, 0.3) is 0 Å². The largest absolute Gasteiger partial charge is 0.394 e. The van der Waals surface area contributed by atoms with E-state index < -0.39 is 124 Å². The average Bonchev–Trinajstić information content (AvgIpc) is 0.792. The smallest absolute Gasteiger partial charge is 0.220 e. The summed E-state index contributed by atoms with van der Waals surface area (Å²) in [6, 6.07) is -1.01. The maximum absolute atomic E-state index is 13.4. The van der Waals surface area contributed by atoms with Crippen molar-refractivity contribution in [2.24, 2.45) is 0 Å².